The molecule has 3 atom stereocenters. The summed E-state index contributed by atoms with van der Waals surface area (Å²) in [6.07, 6.45) is 12.2. The van der Waals surface area contributed by atoms with Crippen LogP contribution in [0.5, 0.6) is 0 Å². The fourth-order valence-electron chi connectivity index (χ4n) is 3.31. The molecule has 0 aromatic heterocycles. The van der Waals surface area contributed by atoms with Crippen molar-refractivity contribution >= 4 is 18.0 Å². The molecule has 2 bridgehead atoms. The fraction of sp³-hybridized carbons (Fsp3) is 0.435. The second kappa shape index (κ2) is 10.7. The number of carbonyl (C=O) groups excluding carboxylic acids is 3. The smallest absolute Gasteiger partial charge is 0.331 e. The number of rotatable bonds is 1. The van der Waals surface area contributed by atoms with Crippen molar-refractivity contribution in [3.05, 3.63) is 59.8 Å². The molecule has 28 heavy (non-hydrogen) atoms. The van der Waals surface area contributed by atoms with Crippen LogP contribution in [0.1, 0.15) is 46.0 Å². The average Bonchev–Trinajstić information content (AvgIpc) is 2.59. The number of ketones is 1. The van der Waals surface area contributed by atoms with Crippen LogP contribution in [0.25, 0.3) is 0 Å². The molecule has 0 N–H and O–H groups in total. The van der Waals surface area contributed by atoms with Crippen LogP contribution in [0.2, 0.25) is 0 Å². The van der Waals surface area contributed by atoms with E-state index in [0.29, 0.717) is 19.1 Å². The highest BCUT2D eigenvalue weighted by Crippen LogP contribution is 2.27. The second-order valence-electron chi connectivity index (χ2n) is 7.44. The highest BCUT2D eigenvalue weighted by Gasteiger charge is 2.23. The largest absolute Gasteiger partial charge is 0.451 e. The van der Waals surface area contributed by atoms with E-state index in [0.717, 1.165) is 29.6 Å². The number of cyclic esters (lactones) is 1. The van der Waals surface area contributed by atoms with Crippen molar-refractivity contribution in [3.8, 4) is 0 Å². The van der Waals surface area contributed by atoms with Gasteiger partial charge in [-0.1, -0.05) is 47.6 Å². The predicted molar refractivity (Wildman–Crippen MR) is 108 cm³/mol. The number of hydrogen-bond donors (Lipinski definition) is 0. The third kappa shape index (κ3) is 7.61. The van der Waals surface area contributed by atoms with Gasteiger partial charge in [0, 0.05) is 18.9 Å². The third-order valence-corrected chi connectivity index (χ3v) is 4.56. The Hall–Kier alpha value is -2.53. The molecule has 150 valence electrons. The van der Waals surface area contributed by atoms with Crippen LogP contribution in [0.15, 0.2) is 59.8 Å². The Kier molecular flexibility index (Phi) is 8.33. The molecule has 0 amide bonds. The first-order valence-corrected chi connectivity index (χ1v) is 9.54. The molecule has 2 aliphatic heterocycles. The summed E-state index contributed by atoms with van der Waals surface area (Å²) in [7, 11) is 0. The first-order chi connectivity index (χ1) is 13.4. The summed E-state index contributed by atoms with van der Waals surface area (Å²) in [5, 5.41) is 0. The molecular formula is C23H28O5. The van der Waals surface area contributed by atoms with E-state index in [9.17, 15) is 14.4 Å². The van der Waals surface area contributed by atoms with Gasteiger partial charge in [-0.15, -0.1) is 0 Å². The van der Waals surface area contributed by atoms with Gasteiger partial charge in [-0.05, 0) is 39.2 Å². The lowest BCUT2D eigenvalue weighted by Crippen LogP contribution is -2.27. The van der Waals surface area contributed by atoms with Crippen molar-refractivity contribution < 1.29 is 23.9 Å². The highest BCUT2D eigenvalue weighted by atomic mass is 16.5. The first-order valence-electron chi connectivity index (χ1n) is 9.54. The fourth-order valence-corrected chi connectivity index (χ4v) is 3.31. The summed E-state index contributed by atoms with van der Waals surface area (Å²) in [6.45, 7) is 7.81. The second-order valence-corrected chi connectivity index (χ2v) is 7.44. The normalized spacial score (nSPS) is 33.9. The Labute approximate surface area is 166 Å². The van der Waals surface area contributed by atoms with Gasteiger partial charge in [-0.25, -0.2) is 4.79 Å². The Morgan fingerprint density at radius 1 is 1.11 bits per heavy atom. The number of carbonyl (C=O) groups is 3. The maximum Gasteiger partial charge on any atom is 0.331 e. The van der Waals surface area contributed by atoms with Crippen LogP contribution in [-0.2, 0) is 23.9 Å². The third-order valence-electron chi connectivity index (χ3n) is 4.56. The van der Waals surface area contributed by atoms with E-state index in [1.807, 2.05) is 26.0 Å². The minimum Gasteiger partial charge on any atom is -0.451 e. The van der Waals surface area contributed by atoms with E-state index >= 15 is 0 Å². The van der Waals surface area contributed by atoms with E-state index in [1.54, 1.807) is 12.2 Å². The van der Waals surface area contributed by atoms with Crippen molar-refractivity contribution in [1.29, 1.82) is 0 Å². The molecule has 0 aromatic carbocycles. The van der Waals surface area contributed by atoms with Crippen LogP contribution in [0.4, 0.5) is 0 Å². The maximum absolute atomic E-state index is 12.1. The van der Waals surface area contributed by atoms with Gasteiger partial charge >= 0.3 is 5.97 Å². The standard InChI is InChI=1S/C23H28O5/c1-16-6-4-9-23(26)28-22(15-24)14-18(3)13-21-12-17(2)11-20(27-21)8-5-7-19(25)10-16/h4-7,9,13,15,20-22H,2,8,10-12,14H2,1,3H3/b7-5+,9-4+,16-6-,18-13+. The zero-order valence-electron chi connectivity index (χ0n) is 16.6. The lowest BCUT2D eigenvalue weighted by Gasteiger charge is -2.30. The summed E-state index contributed by atoms with van der Waals surface area (Å²) in [5.74, 6) is -0.600. The summed E-state index contributed by atoms with van der Waals surface area (Å²) >= 11 is 0. The van der Waals surface area contributed by atoms with Gasteiger partial charge in [0.25, 0.3) is 0 Å². The number of fused-ring (bicyclic) bond motifs is 2. The molecule has 0 radical (unpaired) electrons. The molecular weight excluding hydrogens is 356 g/mol. The lowest BCUT2D eigenvalue weighted by molar-refractivity contribution is -0.146. The van der Waals surface area contributed by atoms with Crippen molar-refractivity contribution in [2.45, 2.75) is 64.3 Å². The molecule has 1 fully saturated rings. The Morgan fingerprint density at radius 3 is 2.64 bits per heavy atom. The molecule has 2 heterocycles. The van der Waals surface area contributed by atoms with Gasteiger partial charge in [0.05, 0.1) is 12.2 Å². The molecule has 2 aliphatic rings. The SMILES string of the molecule is C=C1CC2/C=C(\C)CC(C=O)OC(=O)/C=C/C=C(/C)CC(=O)/C=C/CC(C1)O2. The highest BCUT2D eigenvalue weighted by molar-refractivity contribution is 5.91. The number of allylic oxidation sites excluding steroid dienone is 4. The van der Waals surface area contributed by atoms with Crippen LogP contribution >= 0.6 is 0 Å². The zero-order valence-corrected chi connectivity index (χ0v) is 16.6. The molecule has 1 saturated heterocycles. The monoisotopic (exact) mass is 384 g/mol. The van der Waals surface area contributed by atoms with Gasteiger partial charge < -0.3 is 9.47 Å². The molecule has 0 aliphatic carbocycles. The first kappa shape index (κ1) is 21.8. The molecule has 0 spiro atoms. The van der Waals surface area contributed by atoms with Gasteiger partial charge in [0.2, 0.25) is 0 Å². The molecule has 5 nitrogen and oxygen atoms in total. The maximum atomic E-state index is 12.1. The van der Waals surface area contributed by atoms with Crippen LogP contribution in [0.3, 0.4) is 0 Å². The van der Waals surface area contributed by atoms with E-state index in [1.165, 1.54) is 12.2 Å². The van der Waals surface area contributed by atoms with Gasteiger partial charge in [0.1, 0.15) is 0 Å². The summed E-state index contributed by atoms with van der Waals surface area (Å²) in [5.41, 5.74) is 2.84. The zero-order chi connectivity index (χ0) is 20.5. The molecule has 3 unspecified atom stereocenters. The summed E-state index contributed by atoms with van der Waals surface area (Å²) < 4.78 is 11.3. The Bertz CT molecular complexity index is 738. The minimum atomic E-state index is -0.843. The number of ether oxygens (including phenoxy) is 2. The summed E-state index contributed by atoms with van der Waals surface area (Å²) in [4.78, 5) is 35.3. The van der Waals surface area contributed by atoms with E-state index in [-0.39, 0.29) is 24.4 Å². The summed E-state index contributed by atoms with van der Waals surface area (Å²) in [6, 6.07) is 0. The van der Waals surface area contributed by atoms with Gasteiger partial charge in [0.15, 0.2) is 18.2 Å². The lowest BCUT2D eigenvalue weighted by atomic mass is 9.95. The Balaban J connectivity index is 2.22. The van der Waals surface area contributed by atoms with Crippen molar-refractivity contribution in [2.75, 3.05) is 0 Å². The minimum absolute atomic E-state index is 0.00575. The van der Waals surface area contributed by atoms with Crippen LogP contribution in [-0.4, -0.2) is 36.4 Å². The average molecular weight is 384 g/mol. The van der Waals surface area contributed by atoms with Gasteiger partial charge in [-0.2, -0.15) is 0 Å². The van der Waals surface area contributed by atoms with E-state index in [2.05, 4.69) is 6.58 Å². The van der Waals surface area contributed by atoms with Crippen LogP contribution < -0.4 is 0 Å². The van der Waals surface area contributed by atoms with Gasteiger partial charge in [-0.3, -0.25) is 9.59 Å². The topological polar surface area (TPSA) is 69.7 Å². The molecule has 5 heteroatoms. The van der Waals surface area contributed by atoms with Crippen molar-refractivity contribution in [1.82, 2.24) is 0 Å². The number of esters is 1. The Morgan fingerprint density at radius 2 is 1.89 bits per heavy atom. The molecule has 0 aromatic rings. The van der Waals surface area contributed by atoms with E-state index in [4.69, 9.17) is 9.47 Å². The van der Waals surface area contributed by atoms with E-state index < -0.39 is 12.1 Å². The number of aldehydes is 1. The van der Waals surface area contributed by atoms with Crippen LogP contribution in [0, 0.1) is 0 Å². The predicted octanol–water partition coefficient (Wildman–Crippen LogP) is 3.96. The number of hydrogen-bond acceptors (Lipinski definition) is 5. The van der Waals surface area contributed by atoms with Crippen molar-refractivity contribution in [2.24, 2.45) is 0 Å². The van der Waals surface area contributed by atoms with Crippen molar-refractivity contribution in [3.63, 3.8) is 0 Å². The molecule has 2 rings (SSSR count). The quantitative estimate of drug-likeness (QED) is 0.389. The molecule has 0 saturated carbocycles.